The Kier molecular flexibility index (Phi) is 6.77. The molecule has 1 amide bonds. The fraction of sp³-hybridized carbons (Fsp3) is 0.348. The molecule has 1 aliphatic rings. The minimum atomic E-state index is -0.140. The van der Waals surface area contributed by atoms with Crippen LogP contribution >= 0.6 is 0 Å². The van der Waals surface area contributed by atoms with Crippen molar-refractivity contribution in [3.05, 3.63) is 59.2 Å². The molecular weight excluding hydrogens is 368 g/mol. The van der Waals surface area contributed by atoms with Crippen molar-refractivity contribution in [2.24, 2.45) is 0 Å². The zero-order chi connectivity index (χ0) is 20.8. The first-order valence-electron chi connectivity index (χ1n) is 9.71. The van der Waals surface area contributed by atoms with Gasteiger partial charge in [0.25, 0.3) is 5.91 Å². The van der Waals surface area contributed by atoms with Crippen LogP contribution in [0.4, 0.5) is 0 Å². The smallest absolute Gasteiger partial charge is 0.250 e. The highest BCUT2D eigenvalue weighted by Gasteiger charge is 2.23. The summed E-state index contributed by atoms with van der Waals surface area (Å²) in [4.78, 5) is 14.9. The second-order valence-electron chi connectivity index (χ2n) is 7.00. The second-order valence-corrected chi connectivity index (χ2v) is 7.00. The van der Waals surface area contributed by atoms with Gasteiger partial charge in [0.2, 0.25) is 0 Å². The zero-order valence-corrected chi connectivity index (χ0v) is 17.4. The molecule has 154 valence electrons. The summed E-state index contributed by atoms with van der Waals surface area (Å²) in [7, 11) is 5.62. The summed E-state index contributed by atoms with van der Waals surface area (Å²) in [5, 5.41) is 3.04. The van der Waals surface area contributed by atoms with Gasteiger partial charge in [-0.25, -0.2) is 0 Å². The van der Waals surface area contributed by atoms with Crippen LogP contribution in [0.5, 0.6) is 17.2 Å². The predicted molar refractivity (Wildman–Crippen MR) is 114 cm³/mol. The van der Waals surface area contributed by atoms with Gasteiger partial charge in [-0.15, -0.1) is 0 Å². The summed E-state index contributed by atoms with van der Waals surface area (Å²) in [5.74, 6) is 2.05. The highest BCUT2D eigenvalue weighted by molar-refractivity contribution is 5.99. The van der Waals surface area contributed by atoms with Gasteiger partial charge in [-0.05, 0) is 39.2 Å². The lowest BCUT2D eigenvalue weighted by molar-refractivity contribution is -0.118. The van der Waals surface area contributed by atoms with E-state index in [1.807, 2.05) is 69.6 Å². The average molecular weight is 396 g/mol. The lowest BCUT2D eigenvalue weighted by Crippen LogP contribution is -2.36. The molecule has 0 aliphatic carbocycles. The van der Waals surface area contributed by atoms with Crippen LogP contribution in [-0.4, -0.2) is 51.8 Å². The molecule has 6 heteroatoms. The van der Waals surface area contributed by atoms with Crippen molar-refractivity contribution in [2.45, 2.75) is 13.0 Å². The maximum Gasteiger partial charge on any atom is 0.250 e. The third-order valence-corrected chi connectivity index (χ3v) is 4.88. The lowest BCUT2D eigenvalue weighted by Gasteiger charge is -2.27. The van der Waals surface area contributed by atoms with E-state index in [4.69, 9.17) is 14.2 Å². The number of fused-ring (bicyclic) bond motifs is 1. The van der Waals surface area contributed by atoms with Crippen molar-refractivity contribution in [1.82, 2.24) is 10.2 Å². The summed E-state index contributed by atoms with van der Waals surface area (Å²) in [6.45, 7) is 3.16. The van der Waals surface area contributed by atoms with Crippen molar-refractivity contribution in [2.75, 3.05) is 41.0 Å². The molecule has 0 spiro atoms. The maximum absolute atomic E-state index is 12.8. The van der Waals surface area contributed by atoms with Gasteiger partial charge in [0.1, 0.15) is 12.4 Å². The first-order valence-corrected chi connectivity index (χ1v) is 9.71. The third kappa shape index (κ3) is 4.71. The Bertz CT molecular complexity index is 892. The highest BCUT2D eigenvalue weighted by Crippen LogP contribution is 2.36. The van der Waals surface area contributed by atoms with E-state index in [9.17, 15) is 4.79 Å². The molecule has 2 aromatic carbocycles. The van der Waals surface area contributed by atoms with Gasteiger partial charge < -0.3 is 24.4 Å². The van der Waals surface area contributed by atoms with Crippen LogP contribution in [0.1, 0.15) is 24.1 Å². The molecule has 1 unspecified atom stereocenters. The Balaban J connectivity index is 1.74. The van der Waals surface area contributed by atoms with E-state index in [0.717, 1.165) is 16.9 Å². The highest BCUT2D eigenvalue weighted by atomic mass is 16.5. The number of nitrogens with one attached hydrogen (secondary N) is 1. The van der Waals surface area contributed by atoms with E-state index >= 15 is 0 Å². The molecule has 0 fully saturated rings. The summed E-state index contributed by atoms with van der Waals surface area (Å²) < 4.78 is 16.9. The summed E-state index contributed by atoms with van der Waals surface area (Å²) >= 11 is 0. The first kappa shape index (κ1) is 20.7. The van der Waals surface area contributed by atoms with Crippen molar-refractivity contribution >= 4 is 12.0 Å². The van der Waals surface area contributed by atoms with Gasteiger partial charge in [0.05, 0.1) is 25.3 Å². The number of carbonyl (C=O) groups is 1. The van der Waals surface area contributed by atoms with E-state index in [1.54, 1.807) is 7.11 Å². The van der Waals surface area contributed by atoms with Gasteiger partial charge in [0.15, 0.2) is 11.5 Å². The molecular formula is C23H28N2O4. The minimum absolute atomic E-state index is 0.0166. The van der Waals surface area contributed by atoms with Gasteiger partial charge in [-0.2, -0.15) is 0 Å². The predicted octanol–water partition coefficient (Wildman–Crippen LogP) is 3.29. The molecule has 0 radical (unpaired) electrons. The molecule has 1 aliphatic heterocycles. The largest absolute Gasteiger partial charge is 0.496 e. The van der Waals surface area contributed by atoms with Crippen LogP contribution < -0.4 is 19.5 Å². The number of hydrogen-bond donors (Lipinski definition) is 1. The number of likely N-dealkylation sites (N-methyl/N-ethyl adjacent to an activating group) is 1. The molecule has 1 atom stereocenters. The Labute approximate surface area is 172 Å². The van der Waals surface area contributed by atoms with E-state index in [2.05, 4.69) is 10.2 Å². The fourth-order valence-electron chi connectivity index (χ4n) is 3.40. The lowest BCUT2D eigenvalue weighted by atomic mass is 10.0. The van der Waals surface area contributed by atoms with E-state index in [0.29, 0.717) is 30.2 Å². The SMILES string of the molecule is CCOc1cccc2c1OCC(C(=O)NCC(c1ccccc1OC)N(C)C)=C2. The first-order chi connectivity index (χ1) is 14.0. The number of ether oxygens (including phenoxy) is 3. The quantitative estimate of drug-likeness (QED) is 0.742. The minimum Gasteiger partial charge on any atom is -0.496 e. The molecule has 0 aromatic heterocycles. The number of benzene rings is 2. The van der Waals surface area contributed by atoms with Crippen molar-refractivity contribution in [3.8, 4) is 17.2 Å². The summed E-state index contributed by atoms with van der Waals surface area (Å²) in [5.41, 5.74) is 2.46. The topological polar surface area (TPSA) is 60.0 Å². The molecule has 0 saturated carbocycles. The van der Waals surface area contributed by atoms with Crippen LogP contribution in [-0.2, 0) is 4.79 Å². The van der Waals surface area contributed by atoms with E-state index < -0.39 is 0 Å². The van der Waals surface area contributed by atoms with E-state index in [1.165, 1.54) is 0 Å². The normalized spacial score (nSPS) is 13.8. The van der Waals surface area contributed by atoms with Gasteiger partial charge in [-0.3, -0.25) is 4.79 Å². The zero-order valence-electron chi connectivity index (χ0n) is 17.4. The molecule has 1 heterocycles. The van der Waals surface area contributed by atoms with Crippen LogP contribution in [0.25, 0.3) is 6.08 Å². The number of para-hydroxylation sites is 2. The summed E-state index contributed by atoms with van der Waals surface area (Å²) in [6.07, 6.45) is 1.87. The Morgan fingerprint density at radius 1 is 1.17 bits per heavy atom. The number of hydrogen-bond acceptors (Lipinski definition) is 5. The van der Waals surface area contributed by atoms with Crippen LogP contribution in [0.2, 0.25) is 0 Å². The summed E-state index contributed by atoms with van der Waals surface area (Å²) in [6, 6.07) is 13.5. The number of amides is 1. The molecule has 29 heavy (non-hydrogen) atoms. The fourth-order valence-corrected chi connectivity index (χ4v) is 3.40. The van der Waals surface area contributed by atoms with Crippen molar-refractivity contribution in [3.63, 3.8) is 0 Å². The number of methoxy groups -OCH3 is 1. The van der Waals surface area contributed by atoms with Gasteiger partial charge in [0, 0.05) is 17.7 Å². The monoisotopic (exact) mass is 396 g/mol. The second kappa shape index (κ2) is 9.47. The molecule has 0 saturated heterocycles. The number of nitrogens with zero attached hydrogens (tertiary/aromatic N) is 1. The number of rotatable bonds is 8. The average Bonchev–Trinajstić information content (AvgIpc) is 2.74. The standard InChI is InChI=1S/C23H28N2O4/c1-5-28-21-12-8-9-16-13-17(15-29-22(16)21)23(26)24-14-19(25(2)3)18-10-6-7-11-20(18)27-4/h6-13,19H,5,14-15H2,1-4H3,(H,24,26). The molecule has 3 rings (SSSR count). The number of carbonyl (C=O) groups excluding carboxylic acids is 1. The Hall–Kier alpha value is -2.99. The van der Waals surface area contributed by atoms with Crippen molar-refractivity contribution < 1.29 is 19.0 Å². The molecule has 6 nitrogen and oxygen atoms in total. The molecule has 2 aromatic rings. The Morgan fingerprint density at radius 2 is 1.93 bits per heavy atom. The van der Waals surface area contributed by atoms with Gasteiger partial charge >= 0.3 is 0 Å². The van der Waals surface area contributed by atoms with Crippen LogP contribution in [0, 0.1) is 0 Å². The van der Waals surface area contributed by atoms with Gasteiger partial charge in [-0.1, -0.05) is 30.3 Å². The third-order valence-electron chi connectivity index (χ3n) is 4.88. The van der Waals surface area contributed by atoms with Crippen molar-refractivity contribution in [1.29, 1.82) is 0 Å². The molecule has 0 bridgehead atoms. The molecule has 1 N–H and O–H groups in total. The maximum atomic E-state index is 12.8. The van der Waals surface area contributed by atoms with E-state index in [-0.39, 0.29) is 18.6 Å². The Morgan fingerprint density at radius 3 is 2.66 bits per heavy atom. The van der Waals surface area contributed by atoms with Crippen LogP contribution in [0.15, 0.2) is 48.0 Å². The van der Waals surface area contributed by atoms with Crippen LogP contribution in [0.3, 0.4) is 0 Å².